The summed E-state index contributed by atoms with van der Waals surface area (Å²) < 4.78 is 14.3. The number of thiazole rings is 1. The van der Waals surface area contributed by atoms with Gasteiger partial charge in [0.15, 0.2) is 0 Å². The van der Waals surface area contributed by atoms with Crippen LogP contribution in [0.3, 0.4) is 0 Å². The van der Waals surface area contributed by atoms with Crippen molar-refractivity contribution in [3.8, 4) is 22.5 Å². The molecule has 6 heterocycles. The van der Waals surface area contributed by atoms with Gasteiger partial charge < -0.3 is 29.2 Å². The highest BCUT2D eigenvalue weighted by Gasteiger charge is 2.46. The van der Waals surface area contributed by atoms with E-state index in [2.05, 4.69) is 72.3 Å². The molecule has 344 valence electrons. The van der Waals surface area contributed by atoms with E-state index in [1.54, 1.807) is 25.3 Å². The zero-order valence-corrected chi connectivity index (χ0v) is 39.8. The van der Waals surface area contributed by atoms with E-state index < -0.39 is 29.5 Å². The summed E-state index contributed by atoms with van der Waals surface area (Å²) in [4.78, 5) is 71.0. The van der Waals surface area contributed by atoms with Crippen LogP contribution in [0.5, 0.6) is 0 Å². The smallest absolute Gasteiger partial charge is 0.324 e. The Morgan fingerprint density at radius 2 is 1.92 bits per heavy atom. The van der Waals surface area contributed by atoms with Gasteiger partial charge in [0.1, 0.15) is 18.1 Å². The predicted octanol–water partition coefficient (Wildman–Crippen LogP) is 6.42. The summed E-state index contributed by atoms with van der Waals surface area (Å²) in [5.74, 6) is -1.07. The van der Waals surface area contributed by atoms with Crippen molar-refractivity contribution >= 4 is 45.9 Å². The molecule has 3 fully saturated rings. The molecule has 15 heteroatoms. The number of hydrazine groups is 1. The number of carbonyl (C=O) groups is 4. The number of benzene rings is 1. The molecule has 1 saturated carbocycles. The minimum atomic E-state index is -1.02. The number of ether oxygens (including phenoxy) is 2. The number of likely N-dealkylation sites (tertiary alicyclic amines) is 1. The van der Waals surface area contributed by atoms with Crippen molar-refractivity contribution in [1.29, 1.82) is 0 Å². The van der Waals surface area contributed by atoms with Crippen LogP contribution >= 0.6 is 11.3 Å². The molecule has 8 rings (SSSR count). The van der Waals surface area contributed by atoms with E-state index in [4.69, 9.17) is 19.4 Å². The lowest BCUT2D eigenvalue weighted by atomic mass is 9.84. The number of carbonyl (C=O) groups excluding carboxylic acids is 4. The molecule has 1 unspecified atom stereocenters. The van der Waals surface area contributed by atoms with Crippen LogP contribution in [-0.2, 0) is 48.0 Å². The van der Waals surface area contributed by atoms with Crippen LogP contribution in [0, 0.1) is 23.2 Å². The maximum atomic E-state index is 14.6. The highest BCUT2D eigenvalue weighted by molar-refractivity contribution is 7.10. The quantitative estimate of drug-likeness (QED) is 0.180. The number of hydrogen-bond acceptors (Lipinski definition) is 11. The highest BCUT2D eigenvalue weighted by atomic mass is 32.1. The molecule has 3 aromatic heterocycles. The molecule has 0 radical (unpaired) electrons. The lowest BCUT2D eigenvalue weighted by molar-refractivity contribution is -0.155. The first-order valence-corrected chi connectivity index (χ1v) is 24.1. The Morgan fingerprint density at radius 1 is 1.12 bits per heavy atom. The van der Waals surface area contributed by atoms with Crippen LogP contribution in [0.25, 0.3) is 33.4 Å². The van der Waals surface area contributed by atoms with E-state index in [9.17, 15) is 19.2 Å². The molecule has 4 aromatic rings. The normalized spacial score (nSPS) is 24.9. The molecule has 1 aromatic carbocycles. The topological polar surface area (TPSA) is 151 Å². The Kier molecular flexibility index (Phi) is 13.4. The number of cyclic esters (lactones) is 1. The summed E-state index contributed by atoms with van der Waals surface area (Å²) >= 11 is 1.44. The molecule has 7 atom stereocenters. The number of esters is 1. The van der Waals surface area contributed by atoms with Gasteiger partial charge in [-0.1, -0.05) is 33.8 Å². The number of methoxy groups -OCH3 is 1. The van der Waals surface area contributed by atoms with Gasteiger partial charge >= 0.3 is 5.97 Å². The maximum Gasteiger partial charge on any atom is 0.324 e. The fourth-order valence-electron chi connectivity index (χ4n) is 10.9. The SMILES string of the molecule is CCn1c(-c2cccnc2[C@H](C)OC)c2c3cc(ccc31)-c1csc(n1)C[C@H](NC(=O)[C@H](C(C)C)N(C)C(=O)C1C[C@H]3CCN(C)[C@H]3C1)C(=O)N1CCC[C@H](N1)C(=O)OCC(C)(C)C2. The van der Waals surface area contributed by atoms with Crippen molar-refractivity contribution in [2.75, 3.05) is 40.9 Å². The third-order valence-electron chi connectivity index (χ3n) is 14.2. The van der Waals surface area contributed by atoms with E-state index in [1.807, 2.05) is 32.2 Å². The van der Waals surface area contributed by atoms with Gasteiger partial charge in [0, 0.05) is 84.6 Å². The number of nitrogens with one attached hydrogen (secondary N) is 2. The maximum absolute atomic E-state index is 14.6. The second-order valence-electron chi connectivity index (χ2n) is 19.7. The standard InChI is InChI=1S/C49H66N8O6S/c1-10-56-39-16-15-30-22-34(39)35(44(56)33-13-11-18-50-42(33)29(4)62-9)25-49(5,6)27-63-48(61)36-14-12-19-57(53-36)47(60)37(24-41-51-38(30)26-64-41)52-45(58)43(28(2)3)55(8)46(59)32-21-31-17-20-54(7)40(31)23-32/h11,13,15-16,18,22,26,28-29,31-32,36-37,40,43,53H,10,12,14,17,19-21,23-25,27H2,1-9H3,(H,52,58)/t29-,31+,32?,36-,37-,40-,43-/m0/s1. The van der Waals surface area contributed by atoms with Crippen molar-refractivity contribution in [2.24, 2.45) is 23.2 Å². The summed E-state index contributed by atoms with van der Waals surface area (Å²) in [6.07, 6.45) is 6.07. The minimum absolute atomic E-state index is 0.0218. The van der Waals surface area contributed by atoms with Crippen molar-refractivity contribution in [2.45, 2.75) is 123 Å². The zero-order chi connectivity index (χ0) is 45.6. The lowest BCUT2D eigenvalue weighted by Crippen LogP contribution is -2.62. The second kappa shape index (κ2) is 18.7. The highest BCUT2D eigenvalue weighted by Crippen LogP contribution is 2.43. The van der Waals surface area contributed by atoms with Crippen LogP contribution in [-0.4, -0.2) is 118 Å². The molecular formula is C49H66N8O6S. The van der Waals surface area contributed by atoms with Crippen molar-refractivity contribution in [1.82, 2.24) is 40.1 Å². The van der Waals surface area contributed by atoms with Crippen LogP contribution < -0.4 is 10.7 Å². The van der Waals surface area contributed by atoms with Gasteiger partial charge in [-0.2, -0.15) is 0 Å². The average molecular weight is 895 g/mol. The average Bonchev–Trinajstić information content (AvgIpc) is 4.08. The second-order valence-corrected chi connectivity index (χ2v) is 20.6. The third-order valence-corrected chi connectivity index (χ3v) is 15.1. The molecule has 3 amide bonds. The first kappa shape index (κ1) is 45.9. The number of hydrogen-bond donors (Lipinski definition) is 2. The number of nitrogens with zero attached hydrogens (tertiary/aromatic N) is 6. The van der Waals surface area contributed by atoms with Gasteiger partial charge in [0.05, 0.1) is 34.8 Å². The Labute approximate surface area is 381 Å². The Balaban J connectivity index is 1.16. The largest absolute Gasteiger partial charge is 0.464 e. The number of aromatic nitrogens is 3. The Bertz CT molecular complexity index is 2390. The van der Waals surface area contributed by atoms with E-state index >= 15 is 0 Å². The van der Waals surface area contributed by atoms with E-state index in [0.29, 0.717) is 49.3 Å². The molecule has 64 heavy (non-hydrogen) atoms. The fraction of sp³-hybridized carbons (Fsp3) is 0.592. The van der Waals surface area contributed by atoms with Crippen LogP contribution in [0.1, 0.15) is 96.0 Å². The monoisotopic (exact) mass is 894 g/mol. The number of likely N-dealkylation sites (N-methyl/N-ethyl adjacent to an activating group) is 1. The number of fused-ring (bicyclic) bond motifs is 7. The summed E-state index contributed by atoms with van der Waals surface area (Å²) in [7, 11) is 5.55. The fourth-order valence-corrected chi connectivity index (χ4v) is 11.7. The summed E-state index contributed by atoms with van der Waals surface area (Å²) in [6.45, 7) is 14.5. The van der Waals surface area contributed by atoms with E-state index in [-0.39, 0.29) is 48.7 Å². The molecule has 6 bridgehead atoms. The van der Waals surface area contributed by atoms with Crippen LogP contribution in [0.4, 0.5) is 0 Å². The summed E-state index contributed by atoms with van der Waals surface area (Å²) in [6, 6.07) is 8.34. The van der Waals surface area contributed by atoms with E-state index in [0.717, 1.165) is 70.5 Å². The molecule has 0 spiro atoms. The molecule has 4 aliphatic rings. The summed E-state index contributed by atoms with van der Waals surface area (Å²) in [5.41, 5.74) is 9.47. The Morgan fingerprint density at radius 3 is 2.66 bits per heavy atom. The molecule has 2 N–H and O–H groups in total. The van der Waals surface area contributed by atoms with Gasteiger partial charge in [0.25, 0.3) is 5.91 Å². The van der Waals surface area contributed by atoms with Gasteiger partial charge in [-0.05, 0) is 108 Å². The van der Waals surface area contributed by atoms with Gasteiger partial charge in [-0.25, -0.2) is 10.4 Å². The number of amides is 3. The minimum Gasteiger partial charge on any atom is -0.464 e. The number of rotatable bonds is 9. The predicted molar refractivity (Wildman–Crippen MR) is 248 cm³/mol. The number of aryl methyl sites for hydroxylation is 1. The van der Waals surface area contributed by atoms with Crippen LogP contribution in [0.2, 0.25) is 0 Å². The van der Waals surface area contributed by atoms with Gasteiger partial charge in [-0.15, -0.1) is 11.3 Å². The van der Waals surface area contributed by atoms with Crippen LogP contribution in [0.15, 0.2) is 41.9 Å². The molecule has 14 nitrogen and oxygen atoms in total. The zero-order valence-electron chi connectivity index (χ0n) is 39.0. The van der Waals surface area contributed by atoms with E-state index in [1.165, 1.54) is 16.3 Å². The first-order valence-electron chi connectivity index (χ1n) is 23.2. The molecule has 1 aliphatic carbocycles. The summed E-state index contributed by atoms with van der Waals surface area (Å²) in [5, 5.41) is 8.31. The molecule has 2 saturated heterocycles. The van der Waals surface area contributed by atoms with Crippen molar-refractivity contribution in [3.05, 3.63) is 58.2 Å². The molecule has 3 aliphatic heterocycles. The van der Waals surface area contributed by atoms with Gasteiger partial charge in [0.2, 0.25) is 11.8 Å². The van der Waals surface area contributed by atoms with Gasteiger partial charge in [-0.3, -0.25) is 29.2 Å². The molecular weight excluding hydrogens is 829 g/mol. The number of pyridine rings is 1. The first-order chi connectivity index (χ1) is 30.6. The van der Waals surface area contributed by atoms with Crippen molar-refractivity contribution < 1.29 is 28.7 Å². The Hall–Kier alpha value is -4.70. The lowest BCUT2D eigenvalue weighted by Gasteiger charge is -2.37. The third kappa shape index (κ3) is 8.97. The van der Waals surface area contributed by atoms with Crippen molar-refractivity contribution in [3.63, 3.8) is 0 Å².